The Morgan fingerprint density at radius 3 is 2.39 bits per heavy atom. The summed E-state index contributed by atoms with van der Waals surface area (Å²) in [6, 6.07) is 11.0. The number of rotatable bonds is 11. The number of furan rings is 1. The van der Waals surface area contributed by atoms with Gasteiger partial charge in [-0.2, -0.15) is 0 Å². The molecule has 0 N–H and O–H groups in total. The molecule has 1 aromatic heterocycles. The highest BCUT2D eigenvalue weighted by Gasteiger charge is 2.39. The average Bonchev–Trinajstić information content (AvgIpc) is 3.33. The highest BCUT2D eigenvalue weighted by atomic mass is 32.2. The minimum atomic E-state index is -0.296. The molecule has 3 rings (SSSR count). The number of amides is 2. The summed E-state index contributed by atoms with van der Waals surface area (Å²) in [5.74, 6) is 1.79. The number of carbonyl (C=O) groups excluding carboxylic acids is 2. The largest absolute Gasteiger partial charge is 0.493 e. The number of ether oxygens (including phenoxy) is 2. The van der Waals surface area contributed by atoms with Crippen molar-refractivity contribution in [1.29, 1.82) is 0 Å². The summed E-state index contributed by atoms with van der Waals surface area (Å²) in [4.78, 5) is 28.0. The molecule has 0 radical (unpaired) electrons. The molecule has 2 amide bonds. The molecule has 2 aromatic rings. The Bertz CT molecular complexity index is 916. The van der Waals surface area contributed by atoms with Crippen LogP contribution in [0.2, 0.25) is 0 Å². The number of benzene rings is 1. The zero-order valence-corrected chi connectivity index (χ0v) is 19.2. The second-order valence-electron chi connectivity index (χ2n) is 7.98. The predicted octanol–water partition coefficient (Wildman–Crippen LogP) is 4.75. The first-order valence-corrected chi connectivity index (χ1v) is 11.5. The Morgan fingerprint density at radius 2 is 1.77 bits per heavy atom. The first kappa shape index (κ1) is 23.2. The lowest BCUT2D eigenvalue weighted by atomic mass is 10.1. The van der Waals surface area contributed by atoms with Gasteiger partial charge in [-0.3, -0.25) is 14.5 Å². The van der Waals surface area contributed by atoms with Gasteiger partial charge in [0.05, 0.1) is 48.4 Å². The quantitative estimate of drug-likeness (QED) is 0.467. The van der Waals surface area contributed by atoms with Gasteiger partial charge in [0.15, 0.2) is 0 Å². The van der Waals surface area contributed by atoms with Crippen LogP contribution >= 0.6 is 11.8 Å². The van der Waals surface area contributed by atoms with E-state index in [2.05, 4.69) is 13.8 Å². The van der Waals surface area contributed by atoms with Crippen LogP contribution in [0.4, 0.5) is 0 Å². The molecule has 1 aromatic carbocycles. The third-order valence-corrected chi connectivity index (χ3v) is 5.65. The molecule has 0 bridgehead atoms. The fourth-order valence-electron chi connectivity index (χ4n) is 3.04. The van der Waals surface area contributed by atoms with Crippen LogP contribution in [0.1, 0.15) is 39.0 Å². The zero-order valence-electron chi connectivity index (χ0n) is 18.4. The minimum Gasteiger partial charge on any atom is -0.493 e. The van der Waals surface area contributed by atoms with Crippen molar-refractivity contribution in [3.8, 4) is 5.75 Å². The maximum atomic E-state index is 13.2. The third kappa shape index (κ3) is 6.02. The monoisotopic (exact) mass is 443 g/mol. The number of hydrogen-bond acceptors (Lipinski definition) is 6. The summed E-state index contributed by atoms with van der Waals surface area (Å²) in [6.07, 6.45) is 1.63. The van der Waals surface area contributed by atoms with Gasteiger partial charge in [0, 0.05) is 0 Å². The second-order valence-corrected chi connectivity index (χ2v) is 8.97. The molecule has 2 heterocycles. The Labute approximate surface area is 187 Å². The molecule has 0 spiro atoms. The molecular weight excluding hydrogens is 414 g/mol. The van der Waals surface area contributed by atoms with E-state index < -0.39 is 0 Å². The molecule has 0 aliphatic carbocycles. The summed E-state index contributed by atoms with van der Waals surface area (Å²) in [5.41, 5.74) is 1.12. The SMILES string of the molecule is CC(C)COc1ccc(C2=C(SCc3ccco3)C(=O)N(CCOC(C)C)C2=O)cc1. The third-order valence-electron chi connectivity index (χ3n) is 4.56. The average molecular weight is 444 g/mol. The molecular formula is C24H29NO5S. The Kier molecular flexibility index (Phi) is 7.98. The van der Waals surface area contributed by atoms with Gasteiger partial charge in [-0.15, -0.1) is 11.8 Å². The Morgan fingerprint density at radius 1 is 1.03 bits per heavy atom. The van der Waals surface area contributed by atoms with E-state index in [-0.39, 0.29) is 24.5 Å². The van der Waals surface area contributed by atoms with Crippen LogP contribution in [0.5, 0.6) is 5.75 Å². The molecule has 31 heavy (non-hydrogen) atoms. The molecule has 1 aliphatic rings. The number of nitrogens with zero attached hydrogens (tertiary/aromatic N) is 1. The van der Waals surface area contributed by atoms with E-state index in [0.717, 1.165) is 11.5 Å². The van der Waals surface area contributed by atoms with Crippen LogP contribution in [0.3, 0.4) is 0 Å². The maximum absolute atomic E-state index is 13.2. The lowest BCUT2D eigenvalue weighted by molar-refractivity contribution is -0.137. The van der Waals surface area contributed by atoms with Crippen LogP contribution < -0.4 is 4.74 Å². The first-order chi connectivity index (χ1) is 14.9. The van der Waals surface area contributed by atoms with Crippen molar-refractivity contribution in [3.63, 3.8) is 0 Å². The second kappa shape index (κ2) is 10.7. The van der Waals surface area contributed by atoms with Crippen LogP contribution in [0, 0.1) is 5.92 Å². The van der Waals surface area contributed by atoms with E-state index >= 15 is 0 Å². The minimum absolute atomic E-state index is 0.0337. The van der Waals surface area contributed by atoms with E-state index in [1.54, 1.807) is 12.3 Å². The lowest BCUT2D eigenvalue weighted by Gasteiger charge is -2.16. The standard InChI is InChI=1S/C24H29NO5S/c1-16(2)14-30-19-9-7-18(8-10-19)21-22(31-15-20-6-5-12-29-20)24(27)25(23(21)26)11-13-28-17(3)4/h5-10,12,16-17H,11,13-15H2,1-4H3. The summed E-state index contributed by atoms with van der Waals surface area (Å²) in [7, 11) is 0. The molecule has 0 unspecified atom stereocenters. The van der Waals surface area contributed by atoms with Crippen molar-refractivity contribution in [2.45, 2.75) is 39.6 Å². The van der Waals surface area contributed by atoms with E-state index in [0.29, 0.717) is 40.9 Å². The summed E-state index contributed by atoms with van der Waals surface area (Å²) < 4.78 is 16.7. The highest BCUT2D eigenvalue weighted by Crippen LogP contribution is 2.38. The van der Waals surface area contributed by atoms with E-state index in [4.69, 9.17) is 13.9 Å². The van der Waals surface area contributed by atoms with Crippen LogP contribution in [0.15, 0.2) is 52.0 Å². The summed E-state index contributed by atoms with van der Waals surface area (Å²) in [5, 5.41) is 0. The van der Waals surface area contributed by atoms with Gasteiger partial charge in [0.25, 0.3) is 11.8 Å². The molecule has 0 atom stereocenters. The Hall–Kier alpha value is -2.51. The van der Waals surface area contributed by atoms with E-state index in [9.17, 15) is 9.59 Å². The van der Waals surface area contributed by atoms with Gasteiger partial charge >= 0.3 is 0 Å². The normalized spacial score (nSPS) is 14.5. The van der Waals surface area contributed by atoms with E-state index in [1.165, 1.54) is 16.7 Å². The van der Waals surface area contributed by atoms with E-state index in [1.807, 2.05) is 44.2 Å². The number of thioether (sulfide) groups is 1. The molecule has 166 valence electrons. The molecule has 0 fully saturated rings. The van der Waals surface area contributed by atoms with Crippen molar-refractivity contribution < 1.29 is 23.5 Å². The van der Waals surface area contributed by atoms with Crippen molar-refractivity contribution in [1.82, 2.24) is 4.90 Å². The number of hydrogen-bond donors (Lipinski definition) is 0. The first-order valence-electron chi connectivity index (χ1n) is 10.5. The summed E-state index contributed by atoms with van der Waals surface area (Å²) >= 11 is 1.32. The number of imide groups is 1. The number of carbonyl (C=O) groups is 2. The van der Waals surface area contributed by atoms with Gasteiger partial charge in [-0.1, -0.05) is 26.0 Å². The van der Waals surface area contributed by atoms with Crippen LogP contribution in [-0.4, -0.2) is 42.6 Å². The van der Waals surface area contributed by atoms with Gasteiger partial charge in [-0.25, -0.2) is 0 Å². The van der Waals surface area contributed by atoms with Crippen molar-refractivity contribution in [2.24, 2.45) is 5.92 Å². The van der Waals surface area contributed by atoms with Crippen molar-refractivity contribution in [2.75, 3.05) is 19.8 Å². The smallest absolute Gasteiger partial charge is 0.268 e. The molecule has 0 saturated carbocycles. The molecule has 7 heteroatoms. The molecule has 0 saturated heterocycles. The highest BCUT2D eigenvalue weighted by molar-refractivity contribution is 8.03. The zero-order chi connectivity index (χ0) is 22.4. The predicted molar refractivity (Wildman–Crippen MR) is 122 cm³/mol. The topological polar surface area (TPSA) is 69.0 Å². The van der Waals surface area contributed by atoms with Crippen molar-refractivity contribution >= 4 is 29.1 Å². The van der Waals surface area contributed by atoms with Crippen LogP contribution in [-0.2, 0) is 20.1 Å². The lowest BCUT2D eigenvalue weighted by Crippen LogP contribution is -2.35. The van der Waals surface area contributed by atoms with Crippen molar-refractivity contribution in [3.05, 3.63) is 58.9 Å². The summed E-state index contributed by atoms with van der Waals surface area (Å²) in [6.45, 7) is 9.16. The van der Waals surface area contributed by atoms with Gasteiger partial charge in [0.1, 0.15) is 11.5 Å². The molecule has 1 aliphatic heterocycles. The van der Waals surface area contributed by atoms with Gasteiger partial charge < -0.3 is 13.9 Å². The fraction of sp³-hybridized carbons (Fsp3) is 0.417. The van der Waals surface area contributed by atoms with Gasteiger partial charge in [-0.05, 0) is 49.6 Å². The maximum Gasteiger partial charge on any atom is 0.268 e. The van der Waals surface area contributed by atoms with Crippen LogP contribution in [0.25, 0.3) is 5.57 Å². The Balaban J connectivity index is 1.83. The fourth-order valence-corrected chi connectivity index (χ4v) is 4.08. The molecule has 6 nitrogen and oxygen atoms in total. The van der Waals surface area contributed by atoms with Gasteiger partial charge in [0.2, 0.25) is 0 Å².